The lowest BCUT2D eigenvalue weighted by Gasteiger charge is -2.15. The summed E-state index contributed by atoms with van der Waals surface area (Å²) in [6, 6.07) is 8.45. The molecule has 0 spiro atoms. The molecule has 2 rings (SSSR count). The molecule has 1 aromatic carbocycles. The van der Waals surface area contributed by atoms with Gasteiger partial charge in [0.15, 0.2) is 0 Å². The van der Waals surface area contributed by atoms with Gasteiger partial charge in [-0.2, -0.15) is 0 Å². The normalized spacial score (nSPS) is 11.5. The van der Waals surface area contributed by atoms with Gasteiger partial charge in [0.2, 0.25) is 15.9 Å². The number of nitrogens with one attached hydrogen (secondary N) is 1. The SMILES string of the molecule is COc1ccc(S(=O)(=O)N(C)C)cc1NC(=O)CCCc1cccs1. The van der Waals surface area contributed by atoms with Crippen molar-refractivity contribution in [3.63, 3.8) is 0 Å². The van der Waals surface area contributed by atoms with Gasteiger partial charge >= 0.3 is 0 Å². The van der Waals surface area contributed by atoms with E-state index in [0.717, 1.165) is 17.1 Å². The van der Waals surface area contributed by atoms with Gasteiger partial charge in [0, 0.05) is 25.4 Å². The van der Waals surface area contributed by atoms with E-state index < -0.39 is 10.0 Å². The number of carbonyl (C=O) groups is 1. The number of aryl methyl sites for hydroxylation is 1. The fourth-order valence-corrected chi connectivity index (χ4v) is 3.93. The van der Waals surface area contributed by atoms with E-state index in [-0.39, 0.29) is 10.8 Å². The van der Waals surface area contributed by atoms with Gasteiger partial charge in [-0.25, -0.2) is 12.7 Å². The molecule has 0 fully saturated rings. The maximum Gasteiger partial charge on any atom is 0.242 e. The number of carbonyl (C=O) groups excluding carboxylic acids is 1. The molecule has 0 aliphatic carbocycles. The number of thiophene rings is 1. The van der Waals surface area contributed by atoms with Crippen molar-refractivity contribution < 1.29 is 17.9 Å². The average Bonchev–Trinajstić information content (AvgIpc) is 3.08. The molecule has 136 valence electrons. The predicted molar refractivity (Wildman–Crippen MR) is 99.8 cm³/mol. The highest BCUT2D eigenvalue weighted by Gasteiger charge is 2.19. The second-order valence-corrected chi connectivity index (χ2v) is 8.81. The largest absolute Gasteiger partial charge is 0.495 e. The van der Waals surface area contributed by atoms with Gasteiger partial charge in [0.05, 0.1) is 17.7 Å². The molecule has 0 atom stereocenters. The van der Waals surface area contributed by atoms with Gasteiger partial charge in [0.25, 0.3) is 0 Å². The van der Waals surface area contributed by atoms with Crippen molar-refractivity contribution in [1.29, 1.82) is 0 Å². The van der Waals surface area contributed by atoms with Crippen LogP contribution in [-0.4, -0.2) is 39.8 Å². The molecule has 6 nitrogen and oxygen atoms in total. The van der Waals surface area contributed by atoms with E-state index in [0.29, 0.717) is 17.9 Å². The van der Waals surface area contributed by atoms with Crippen LogP contribution in [0.15, 0.2) is 40.6 Å². The summed E-state index contributed by atoms with van der Waals surface area (Å²) in [6.45, 7) is 0. The number of hydrogen-bond acceptors (Lipinski definition) is 5. The van der Waals surface area contributed by atoms with Crippen LogP contribution in [0, 0.1) is 0 Å². The number of amides is 1. The van der Waals surface area contributed by atoms with Gasteiger partial charge < -0.3 is 10.1 Å². The molecule has 1 N–H and O–H groups in total. The van der Waals surface area contributed by atoms with Crippen molar-refractivity contribution in [2.45, 2.75) is 24.2 Å². The summed E-state index contributed by atoms with van der Waals surface area (Å²) in [7, 11) is 0.817. The number of ether oxygens (including phenoxy) is 1. The molecule has 0 unspecified atom stereocenters. The van der Waals surface area contributed by atoms with Crippen molar-refractivity contribution >= 4 is 33.0 Å². The number of nitrogens with zero attached hydrogens (tertiary/aromatic N) is 1. The van der Waals surface area contributed by atoms with Crippen LogP contribution in [0.3, 0.4) is 0 Å². The Labute approximate surface area is 152 Å². The summed E-state index contributed by atoms with van der Waals surface area (Å²) in [4.78, 5) is 13.5. The highest BCUT2D eigenvalue weighted by molar-refractivity contribution is 7.89. The van der Waals surface area contributed by atoms with Gasteiger partial charge in [-0.05, 0) is 42.5 Å². The molecule has 0 aliphatic rings. The van der Waals surface area contributed by atoms with Crippen molar-refractivity contribution in [2.75, 3.05) is 26.5 Å². The van der Waals surface area contributed by atoms with Crippen LogP contribution >= 0.6 is 11.3 Å². The molecular formula is C17H22N2O4S2. The van der Waals surface area contributed by atoms with Crippen LogP contribution in [-0.2, 0) is 21.2 Å². The molecule has 0 bridgehead atoms. The van der Waals surface area contributed by atoms with Gasteiger partial charge in [-0.15, -0.1) is 11.3 Å². The number of methoxy groups -OCH3 is 1. The molecule has 0 aliphatic heterocycles. The smallest absolute Gasteiger partial charge is 0.242 e. The highest BCUT2D eigenvalue weighted by atomic mass is 32.2. The minimum absolute atomic E-state index is 0.104. The quantitative estimate of drug-likeness (QED) is 0.762. The second-order valence-electron chi connectivity index (χ2n) is 5.63. The zero-order valence-corrected chi connectivity index (χ0v) is 16.1. The van der Waals surface area contributed by atoms with E-state index in [1.54, 1.807) is 11.3 Å². The van der Waals surface area contributed by atoms with E-state index in [9.17, 15) is 13.2 Å². The lowest BCUT2D eigenvalue weighted by molar-refractivity contribution is -0.116. The maximum atomic E-state index is 12.2. The molecule has 1 heterocycles. The number of benzene rings is 1. The Bertz CT molecular complexity index is 815. The third-order valence-corrected chi connectivity index (χ3v) is 6.38. The van der Waals surface area contributed by atoms with Crippen LogP contribution in [0.4, 0.5) is 5.69 Å². The highest BCUT2D eigenvalue weighted by Crippen LogP contribution is 2.28. The molecule has 1 aromatic heterocycles. The fraction of sp³-hybridized carbons (Fsp3) is 0.353. The van der Waals surface area contributed by atoms with Gasteiger partial charge in [-0.1, -0.05) is 6.07 Å². The van der Waals surface area contributed by atoms with Gasteiger partial charge in [0.1, 0.15) is 5.75 Å². The first-order chi connectivity index (χ1) is 11.8. The number of hydrogen-bond donors (Lipinski definition) is 1. The molecule has 0 radical (unpaired) electrons. The average molecular weight is 383 g/mol. The Morgan fingerprint density at radius 3 is 2.64 bits per heavy atom. The van der Waals surface area contributed by atoms with E-state index in [1.807, 2.05) is 17.5 Å². The number of anilines is 1. The van der Waals surface area contributed by atoms with Crippen LogP contribution in [0.1, 0.15) is 17.7 Å². The lowest BCUT2D eigenvalue weighted by Crippen LogP contribution is -2.22. The second kappa shape index (κ2) is 8.46. The first-order valence-corrected chi connectivity index (χ1v) is 10.1. The standard InChI is InChI=1S/C17H22N2O4S2/c1-19(2)25(21,22)14-9-10-16(23-3)15(12-14)18-17(20)8-4-6-13-7-5-11-24-13/h5,7,9-12H,4,6,8H2,1-3H3,(H,18,20). The summed E-state index contributed by atoms with van der Waals surface area (Å²) >= 11 is 1.67. The number of sulfonamides is 1. The monoisotopic (exact) mass is 382 g/mol. The molecule has 2 aromatic rings. The van der Waals surface area contributed by atoms with E-state index in [1.165, 1.54) is 44.3 Å². The van der Waals surface area contributed by atoms with Crippen LogP contribution < -0.4 is 10.1 Å². The first kappa shape index (κ1) is 19.4. The molecule has 0 saturated carbocycles. The Morgan fingerprint density at radius 1 is 1.28 bits per heavy atom. The summed E-state index contributed by atoms with van der Waals surface area (Å²) in [5.41, 5.74) is 0.353. The summed E-state index contributed by atoms with van der Waals surface area (Å²) in [6.07, 6.45) is 1.92. The van der Waals surface area contributed by atoms with Crippen molar-refractivity contribution in [3.05, 3.63) is 40.6 Å². The predicted octanol–water partition coefficient (Wildman–Crippen LogP) is 2.97. The molecule has 8 heteroatoms. The third-order valence-electron chi connectivity index (χ3n) is 3.63. The first-order valence-electron chi connectivity index (χ1n) is 7.77. The Kier molecular flexibility index (Phi) is 6.57. The maximum absolute atomic E-state index is 12.2. The van der Waals surface area contributed by atoms with Crippen molar-refractivity contribution in [2.24, 2.45) is 0 Å². The van der Waals surface area contributed by atoms with Crippen LogP contribution in [0.2, 0.25) is 0 Å². The van der Waals surface area contributed by atoms with E-state index in [4.69, 9.17) is 4.74 Å². The zero-order chi connectivity index (χ0) is 18.4. The van der Waals surface area contributed by atoms with Crippen molar-refractivity contribution in [3.8, 4) is 5.75 Å². The summed E-state index contributed by atoms with van der Waals surface area (Å²) < 4.78 is 30.8. The molecule has 0 saturated heterocycles. The summed E-state index contributed by atoms with van der Waals surface area (Å²) in [5, 5.41) is 4.76. The fourth-order valence-electron chi connectivity index (χ4n) is 2.25. The molecular weight excluding hydrogens is 360 g/mol. The van der Waals surface area contributed by atoms with Crippen LogP contribution in [0.25, 0.3) is 0 Å². The Morgan fingerprint density at radius 2 is 2.04 bits per heavy atom. The van der Waals surface area contributed by atoms with E-state index in [2.05, 4.69) is 5.32 Å². The third kappa shape index (κ3) is 5.04. The minimum atomic E-state index is -3.58. The minimum Gasteiger partial charge on any atom is -0.495 e. The zero-order valence-electron chi connectivity index (χ0n) is 14.5. The summed E-state index contributed by atoms with van der Waals surface area (Å²) in [5.74, 6) is 0.249. The topological polar surface area (TPSA) is 75.7 Å². The molecule has 25 heavy (non-hydrogen) atoms. The number of rotatable bonds is 8. The van der Waals surface area contributed by atoms with Crippen LogP contribution in [0.5, 0.6) is 5.75 Å². The molecule has 1 amide bonds. The Balaban J connectivity index is 2.07. The van der Waals surface area contributed by atoms with Crippen molar-refractivity contribution in [1.82, 2.24) is 4.31 Å². The van der Waals surface area contributed by atoms with E-state index >= 15 is 0 Å². The van der Waals surface area contributed by atoms with Gasteiger partial charge in [-0.3, -0.25) is 4.79 Å². The Hall–Kier alpha value is -1.90. The lowest BCUT2D eigenvalue weighted by atomic mass is 10.2.